The average Bonchev–Trinajstić information content (AvgIpc) is 2.97. The molecule has 4 rings (SSSR count). The fraction of sp³-hybridized carbons (Fsp3) is 0.421. The maximum atomic E-state index is 12.8. The minimum atomic E-state index is -0.313. The van der Waals surface area contributed by atoms with Crippen LogP contribution in [0.15, 0.2) is 39.8 Å². The van der Waals surface area contributed by atoms with Gasteiger partial charge in [-0.3, -0.25) is 14.2 Å². The van der Waals surface area contributed by atoms with Gasteiger partial charge in [-0.25, -0.2) is 4.98 Å². The number of nitrogens with zero attached hydrogens (tertiary/aromatic N) is 3. The molecule has 0 saturated carbocycles. The molecule has 1 aliphatic heterocycles. The molecule has 1 aromatic carbocycles. The van der Waals surface area contributed by atoms with Crippen LogP contribution in [0.4, 0.5) is 0 Å². The standard InChI is InChI=1S/C19H21N3O3/c1-12-6-5-7-13(2)22(12)16(23)10-21-11-20-17-14-8-3-4-9-15(14)25-18(17)19(21)24/h3-4,8-9,11-13H,5-7,10H2,1-2H3. The Labute approximate surface area is 145 Å². The van der Waals surface area contributed by atoms with Crippen molar-refractivity contribution in [1.29, 1.82) is 0 Å². The predicted octanol–water partition coefficient (Wildman–Crippen LogP) is 2.93. The SMILES string of the molecule is CC1CCCC(C)N1C(=O)Cn1cnc2c(oc3ccccc32)c1=O. The van der Waals surface area contributed by atoms with E-state index in [1.54, 1.807) is 0 Å². The molecule has 6 heteroatoms. The van der Waals surface area contributed by atoms with Crippen molar-refractivity contribution in [3.05, 3.63) is 40.9 Å². The van der Waals surface area contributed by atoms with Crippen LogP contribution >= 0.6 is 0 Å². The molecule has 0 spiro atoms. The van der Waals surface area contributed by atoms with Crippen LogP contribution in [0, 0.1) is 0 Å². The van der Waals surface area contributed by atoms with Crippen molar-refractivity contribution in [1.82, 2.24) is 14.5 Å². The van der Waals surface area contributed by atoms with E-state index in [-0.39, 0.29) is 35.7 Å². The Balaban J connectivity index is 1.70. The number of benzene rings is 1. The lowest BCUT2D eigenvalue weighted by Crippen LogP contribution is -2.49. The monoisotopic (exact) mass is 339 g/mol. The first-order valence-electron chi connectivity index (χ1n) is 8.74. The van der Waals surface area contributed by atoms with Crippen LogP contribution in [0.2, 0.25) is 0 Å². The number of piperidine rings is 1. The van der Waals surface area contributed by atoms with Gasteiger partial charge in [-0.05, 0) is 45.2 Å². The molecule has 2 unspecified atom stereocenters. The van der Waals surface area contributed by atoms with Crippen molar-refractivity contribution in [3.63, 3.8) is 0 Å². The van der Waals surface area contributed by atoms with Crippen LogP contribution in [0.5, 0.6) is 0 Å². The van der Waals surface area contributed by atoms with Crippen LogP contribution in [0.1, 0.15) is 33.1 Å². The van der Waals surface area contributed by atoms with Crippen LogP contribution in [0.25, 0.3) is 22.1 Å². The summed E-state index contributed by atoms with van der Waals surface area (Å²) in [5, 5.41) is 0.811. The highest BCUT2D eigenvalue weighted by Crippen LogP contribution is 2.25. The molecule has 0 aliphatic carbocycles. The van der Waals surface area contributed by atoms with E-state index in [0.717, 1.165) is 24.6 Å². The number of hydrogen-bond donors (Lipinski definition) is 0. The molecule has 25 heavy (non-hydrogen) atoms. The van der Waals surface area contributed by atoms with Gasteiger partial charge in [0.15, 0.2) is 0 Å². The molecule has 0 radical (unpaired) electrons. The Kier molecular flexibility index (Phi) is 3.82. The second kappa shape index (κ2) is 6.02. The predicted molar refractivity (Wildman–Crippen MR) is 95.4 cm³/mol. The number of likely N-dealkylation sites (tertiary alicyclic amines) is 1. The maximum Gasteiger partial charge on any atom is 0.297 e. The molecule has 6 nitrogen and oxygen atoms in total. The Morgan fingerprint density at radius 1 is 1.24 bits per heavy atom. The van der Waals surface area contributed by atoms with Gasteiger partial charge in [0.25, 0.3) is 5.56 Å². The Morgan fingerprint density at radius 3 is 2.72 bits per heavy atom. The molecule has 1 fully saturated rings. The number of aromatic nitrogens is 2. The summed E-state index contributed by atoms with van der Waals surface area (Å²) >= 11 is 0. The minimum Gasteiger partial charge on any atom is -0.448 e. The van der Waals surface area contributed by atoms with E-state index in [4.69, 9.17) is 4.42 Å². The van der Waals surface area contributed by atoms with Crippen molar-refractivity contribution >= 4 is 28.0 Å². The Morgan fingerprint density at radius 2 is 1.96 bits per heavy atom. The van der Waals surface area contributed by atoms with Crippen LogP contribution in [0.3, 0.4) is 0 Å². The zero-order valence-corrected chi connectivity index (χ0v) is 14.4. The summed E-state index contributed by atoms with van der Waals surface area (Å²) < 4.78 is 7.02. The van der Waals surface area contributed by atoms with Crippen molar-refractivity contribution in [2.24, 2.45) is 0 Å². The largest absolute Gasteiger partial charge is 0.448 e. The average molecular weight is 339 g/mol. The zero-order chi connectivity index (χ0) is 17.6. The highest BCUT2D eigenvalue weighted by atomic mass is 16.3. The molecule has 3 aromatic rings. The fourth-order valence-electron chi connectivity index (χ4n) is 3.87. The van der Waals surface area contributed by atoms with Crippen molar-refractivity contribution in [3.8, 4) is 0 Å². The van der Waals surface area contributed by atoms with E-state index in [1.165, 1.54) is 10.9 Å². The second-order valence-electron chi connectivity index (χ2n) is 6.88. The molecular weight excluding hydrogens is 318 g/mol. The van der Waals surface area contributed by atoms with Gasteiger partial charge in [0.05, 0.1) is 6.33 Å². The number of fused-ring (bicyclic) bond motifs is 3. The van der Waals surface area contributed by atoms with Crippen LogP contribution < -0.4 is 5.56 Å². The lowest BCUT2D eigenvalue weighted by atomic mass is 9.97. The third-order valence-corrected chi connectivity index (χ3v) is 5.14. The topological polar surface area (TPSA) is 68.3 Å². The van der Waals surface area contributed by atoms with Crippen LogP contribution in [-0.4, -0.2) is 32.4 Å². The van der Waals surface area contributed by atoms with E-state index >= 15 is 0 Å². The highest BCUT2D eigenvalue weighted by Gasteiger charge is 2.29. The third-order valence-electron chi connectivity index (χ3n) is 5.14. The molecule has 0 bridgehead atoms. The molecule has 3 heterocycles. The van der Waals surface area contributed by atoms with Gasteiger partial charge in [0.2, 0.25) is 11.5 Å². The summed E-state index contributed by atoms with van der Waals surface area (Å²) in [6.07, 6.45) is 4.60. The smallest absolute Gasteiger partial charge is 0.297 e. The number of para-hydroxylation sites is 1. The number of furan rings is 1. The molecule has 130 valence electrons. The van der Waals surface area contributed by atoms with E-state index in [2.05, 4.69) is 18.8 Å². The van der Waals surface area contributed by atoms with E-state index in [1.807, 2.05) is 29.2 Å². The zero-order valence-electron chi connectivity index (χ0n) is 14.4. The minimum absolute atomic E-state index is 0.00645. The lowest BCUT2D eigenvalue weighted by Gasteiger charge is -2.39. The molecule has 2 atom stereocenters. The molecular formula is C19H21N3O3. The third kappa shape index (κ3) is 2.62. The molecule has 1 saturated heterocycles. The summed E-state index contributed by atoms with van der Waals surface area (Å²) in [7, 11) is 0. The van der Waals surface area contributed by atoms with Crippen molar-refractivity contribution < 1.29 is 9.21 Å². The van der Waals surface area contributed by atoms with Gasteiger partial charge in [0, 0.05) is 17.5 Å². The van der Waals surface area contributed by atoms with Gasteiger partial charge >= 0.3 is 0 Å². The van der Waals surface area contributed by atoms with E-state index in [0.29, 0.717) is 11.1 Å². The first-order chi connectivity index (χ1) is 12.1. The summed E-state index contributed by atoms with van der Waals surface area (Å²) in [6.45, 7) is 4.13. The number of amides is 1. The lowest BCUT2D eigenvalue weighted by molar-refractivity contribution is -0.138. The normalized spacial score (nSPS) is 21.1. The molecule has 1 aliphatic rings. The van der Waals surface area contributed by atoms with E-state index in [9.17, 15) is 9.59 Å². The van der Waals surface area contributed by atoms with Gasteiger partial charge in [-0.15, -0.1) is 0 Å². The van der Waals surface area contributed by atoms with Gasteiger partial charge < -0.3 is 9.32 Å². The summed E-state index contributed by atoms with van der Waals surface area (Å²) in [5.74, 6) is -0.0425. The summed E-state index contributed by atoms with van der Waals surface area (Å²) in [4.78, 5) is 31.8. The Bertz CT molecular complexity index is 994. The Hall–Kier alpha value is -2.63. The van der Waals surface area contributed by atoms with E-state index < -0.39 is 0 Å². The molecule has 1 amide bonds. The number of hydrogen-bond acceptors (Lipinski definition) is 4. The summed E-state index contributed by atoms with van der Waals surface area (Å²) in [6, 6.07) is 7.83. The van der Waals surface area contributed by atoms with Gasteiger partial charge in [-0.1, -0.05) is 12.1 Å². The number of carbonyl (C=O) groups is 1. The second-order valence-corrected chi connectivity index (χ2v) is 6.88. The molecule has 2 aromatic heterocycles. The number of rotatable bonds is 2. The molecule has 0 N–H and O–H groups in total. The number of carbonyl (C=O) groups excluding carboxylic acids is 1. The summed E-state index contributed by atoms with van der Waals surface area (Å²) in [5.41, 5.74) is 1.07. The fourth-order valence-corrected chi connectivity index (χ4v) is 3.87. The highest BCUT2D eigenvalue weighted by molar-refractivity contribution is 6.01. The maximum absolute atomic E-state index is 12.8. The van der Waals surface area contributed by atoms with Crippen molar-refractivity contribution in [2.45, 2.75) is 51.7 Å². The quantitative estimate of drug-likeness (QED) is 0.720. The van der Waals surface area contributed by atoms with Gasteiger partial charge in [-0.2, -0.15) is 0 Å². The van der Waals surface area contributed by atoms with Crippen molar-refractivity contribution in [2.75, 3.05) is 0 Å². The van der Waals surface area contributed by atoms with Gasteiger partial charge in [0.1, 0.15) is 17.6 Å². The first-order valence-corrected chi connectivity index (χ1v) is 8.74. The van der Waals surface area contributed by atoms with Crippen LogP contribution in [-0.2, 0) is 11.3 Å². The first kappa shape index (κ1) is 15.9.